The van der Waals surface area contributed by atoms with Crippen molar-refractivity contribution >= 4 is 29.1 Å². The highest BCUT2D eigenvalue weighted by Gasteiger charge is 2.28. The summed E-state index contributed by atoms with van der Waals surface area (Å²) < 4.78 is 0. The normalized spacial score (nSPS) is 14.8. The van der Waals surface area contributed by atoms with E-state index in [4.69, 9.17) is 11.6 Å². The molecule has 0 aliphatic heterocycles. The van der Waals surface area contributed by atoms with Gasteiger partial charge in [0.15, 0.2) is 0 Å². The second-order valence-corrected chi connectivity index (χ2v) is 6.19. The molecule has 0 aromatic heterocycles. The third kappa shape index (κ3) is 5.00. The summed E-state index contributed by atoms with van der Waals surface area (Å²) in [5.41, 5.74) is 0.268. The van der Waals surface area contributed by atoms with Crippen LogP contribution in [0.3, 0.4) is 0 Å². The molecule has 0 aliphatic rings. The van der Waals surface area contributed by atoms with Crippen LogP contribution in [-0.4, -0.2) is 29.1 Å². The topological polar surface area (TPSA) is 78.4 Å². The maximum atomic E-state index is 11.8. The van der Waals surface area contributed by atoms with Gasteiger partial charge in [-0.2, -0.15) is 0 Å². The van der Waals surface area contributed by atoms with E-state index in [0.717, 1.165) is 12.0 Å². The van der Waals surface area contributed by atoms with Gasteiger partial charge >= 0.3 is 11.8 Å². The molecule has 0 heterocycles. The maximum Gasteiger partial charge on any atom is 0.313 e. The molecule has 0 saturated heterocycles. The number of aryl methyl sites for hydroxylation is 1. The van der Waals surface area contributed by atoms with Crippen LogP contribution in [0.2, 0.25) is 5.02 Å². The van der Waals surface area contributed by atoms with Crippen molar-refractivity contribution in [2.45, 2.75) is 39.7 Å². The van der Waals surface area contributed by atoms with E-state index in [1.54, 1.807) is 25.1 Å². The van der Waals surface area contributed by atoms with Crippen molar-refractivity contribution in [3.8, 4) is 0 Å². The molecular weight excluding hydrogens is 304 g/mol. The highest BCUT2D eigenvalue weighted by Crippen LogP contribution is 2.22. The number of benzene rings is 1. The largest absolute Gasteiger partial charge is 0.388 e. The van der Waals surface area contributed by atoms with Crippen molar-refractivity contribution in [3.63, 3.8) is 0 Å². The third-order valence-corrected chi connectivity index (χ3v) is 4.17. The van der Waals surface area contributed by atoms with Gasteiger partial charge in [-0.05, 0) is 37.5 Å². The van der Waals surface area contributed by atoms with Crippen LogP contribution in [-0.2, 0) is 9.59 Å². The van der Waals surface area contributed by atoms with Crippen LogP contribution < -0.4 is 10.6 Å². The number of nitrogens with one attached hydrogen (secondary N) is 2. The van der Waals surface area contributed by atoms with Crippen molar-refractivity contribution in [1.29, 1.82) is 0 Å². The van der Waals surface area contributed by atoms with E-state index in [1.165, 1.54) is 0 Å². The molecule has 0 bridgehead atoms. The van der Waals surface area contributed by atoms with Gasteiger partial charge in [-0.25, -0.2) is 0 Å². The Kier molecular flexibility index (Phi) is 6.38. The van der Waals surface area contributed by atoms with Crippen LogP contribution in [0.15, 0.2) is 18.2 Å². The highest BCUT2D eigenvalue weighted by atomic mass is 35.5. The lowest BCUT2D eigenvalue weighted by Crippen LogP contribution is -2.47. The van der Waals surface area contributed by atoms with Gasteiger partial charge in [0.25, 0.3) is 0 Å². The molecule has 1 aromatic carbocycles. The average molecular weight is 327 g/mol. The van der Waals surface area contributed by atoms with Gasteiger partial charge in [-0.1, -0.05) is 37.9 Å². The predicted molar refractivity (Wildman–Crippen MR) is 87.9 cm³/mol. The van der Waals surface area contributed by atoms with E-state index < -0.39 is 17.4 Å². The van der Waals surface area contributed by atoms with Gasteiger partial charge in [0, 0.05) is 6.54 Å². The Morgan fingerprint density at radius 3 is 2.55 bits per heavy atom. The number of halogens is 1. The first-order valence-electron chi connectivity index (χ1n) is 7.25. The van der Waals surface area contributed by atoms with Gasteiger partial charge in [-0.15, -0.1) is 0 Å². The monoisotopic (exact) mass is 326 g/mol. The molecule has 0 aliphatic carbocycles. The lowest BCUT2D eigenvalue weighted by atomic mass is 9.89. The molecule has 1 rings (SSSR count). The lowest BCUT2D eigenvalue weighted by molar-refractivity contribution is -0.137. The Bertz CT molecular complexity index is 558. The molecule has 22 heavy (non-hydrogen) atoms. The maximum absolute atomic E-state index is 11.8. The zero-order valence-electron chi connectivity index (χ0n) is 13.4. The van der Waals surface area contributed by atoms with E-state index >= 15 is 0 Å². The van der Waals surface area contributed by atoms with Crippen LogP contribution >= 0.6 is 11.6 Å². The summed E-state index contributed by atoms with van der Waals surface area (Å²) in [6.07, 6.45) is 0.772. The number of hydrogen-bond donors (Lipinski definition) is 3. The molecule has 0 fully saturated rings. The summed E-state index contributed by atoms with van der Waals surface area (Å²) in [7, 11) is 0. The van der Waals surface area contributed by atoms with Crippen molar-refractivity contribution in [3.05, 3.63) is 28.8 Å². The summed E-state index contributed by atoms with van der Waals surface area (Å²) in [6, 6.07) is 5.12. The quantitative estimate of drug-likeness (QED) is 0.727. The van der Waals surface area contributed by atoms with Crippen LogP contribution in [0.25, 0.3) is 0 Å². The Hall–Kier alpha value is -1.59. The zero-order chi connectivity index (χ0) is 16.9. The van der Waals surface area contributed by atoms with E-state index in [-0.39, 0.29) is 12.5 Å². The minimum Gasteiger partial charge on any atom is -0.388 e. The Morgan fingerprint density at radius 2 is 2.00 bits per heavy atom. The van der Waals surface area contributed by atoms with Gasteiger partial charge in [0.2, 0.25) is 0 Å². The van der Waals surface area contributed by atoms with Gasteiger partial charge in [0.1, 0.15) is 0 Å². The minimum absolute atomic E-state index is 0.00223. The molecule has 2 amide bonds. The number of rotatable bonds is 5. The van der Waals surface area contributed by atoms with Crippen LogP contribution in [0.5, 0.6) is 0 Å². The Labute approximate surface area is 136 Å². The van der Waals surface area contributed by atoms with Gasteiger partial charge < -0.3 is 15.7 Å². The summed E-state index contributed by atoms with van der Waals surface area (Å²) in [6.45, 7) is 7.36. The SMILES string of the molecule is CC[C@@H](C)[C@](C)(O)CNC(=O)C(=O)Nc1ccc(C)cc1Cl. The van der Waals surface area contributed by atoms with Gasteiger partial charge in [0.05, 0.1) is 16.3 Å². The van der Waals surface area contributed by atoms with Crippen molar-refractivity contribution < 1.29 is 14.7 Å². The summed E-state index contributed by atoms with van der Waals surface area (Å²) in [5.74, 6) is -1.62. The molecule has 0 spiro atoms. The predicted octanol–water partition coefficient (Wildman–Crippen LogP) is 2.50. The standard InChI is InChI=1S/C16H23ClN2O3/c1-5-11(3)16(4,22)9-18-14(20)15(21)19-13-7-6-10(2)8-12(13)17/h6-8,11,22H,5,9H2,1-4H3,(H,18,20)(H,19,21)/t11-,16-/m1/s1. The molecule has 6 heteroatoms. The van der Waals surface area contributed by atoms with E-state index in [0.29, 0.717) is 10.7 Å². The fourth-order valence-electron chi connectivity index (χ4n) is 1.85. The summed E-state index contributed by atoms with van der Waals surface area (Å²) >= 11 is 6.00. The van der Waals surface area contributed by atoms with E-state index in [2.05, 4.69) is 10.6 Å². The van der Waals surface area contributed by atoms with Crippen LogP contribution in [0, 0.1) is 12.8 Å². The zero-order valence-corrected chi connectivity index (χ0v) is 14.1. The Balaban J connectivity index is 2.61. The molecule has 3 N–H and O–H groups in total. The highest BCUT2D eigenvalue weighted by molar-refractivity contribution is 6.41. The summed E-state index contributed by atoms with van der Waals surface area (Å²) in [4.78, 5) is 23.6. The lowest BCUT2D eigenvalue weighted by Gasteiger charge is -2.29. The number of amides is 2. The first kappa shape index (κ1) is 18.5. The number of hydrogen-bond acceptors (Lipinski definition) is 3. The number of aliphatic hydroxyl groups is 1. The molecule has 0 unspecified atom stereocenters. The van der Waals surface area contributed by atoms with Crippen molar-refractivity contribution in [1.82, 2.24) is 5.32 Å². The molecular formula is C16H23ClN2O3. The van der Waals surface area contributed by atoms with E-state index in [1.807, 2.05) is 20.8 Å². The van der Waals surface area contributed by atoms with Crippen molar-refractivity contribution in [2.75, 3.05) is 11.9 Å². The molecule has 0 radical (unpaired) electrons. The molecule has 0 saturated carbocycles. The second-order valence-electron chi connectivity index (χ2n) is 5.79. The minimum atomic E-state index is -1.06. The Morgan fingerprint density at radius 1 is 1.36 bits per heavy atom. The molecule has 1 aromatic rings. The number of anilines is 1. The van der Waals surface area contributed by atoms with Crippen LogP contribution in [0.1, 0.15) is 32.8 Å². The number of carbonyl (C=O) groups excluding carboxylic acids is 2. The smallest absolute Gasteiger partial charge is 0.313 e. The third-order valence-electron chi connectivity index (χ3n) is 3.86. The molecule has 2 atom stereocenters. The van der Waals surface area contributed by atoms with Crippen LogP contribution in [0.4, 0.5) is 5.69 Å². The fraction of sp³-hybridized carbons (Fsp3) is 0.500. The number of carbonyl (C=O) groups is 2. The summed E-state index contributed by atoms with van der Waals surface area (Å²) in [5, 5.41) is 15.5. The molecule has 122 valence electrons. The fourth-order valence-corrected chi connectivity index (χ4v) is 2.14. The first-order valence-corrected chi connectivity index (χ1v) is 7.63. The first-order chi connectivity index (χ1) is 10.2. The van der Waals surface area contributed by atoms with Crippen molar-refractivity contribution in [2.24, 2.45) is 5.92 Å². The second kappa shape index (κ2) is 7.61. The molecule has 5 nitrogen and oxygen atoms in total. The van der Waals surface area contributed by atoms with E-state index in [9.17, 15) is 14.7 Å². The van der Waals surface area contributed by atoms with Gasteiger partial charge in [-0.3, -0.25) is 9.59 Å². The average Bonchev–Trinajstić information content (AvgIpc) is 2.46.